The highest BCUT2D eigenvalue weighted by Gasteiger charge is 2.13. The molecular formula is C14H21Br2NO. The first-order chi connectivity index (χ1) is 8.19. The van der Waals surface area contributed by atoms with E-state index in [1.807, 2.05) is 13.8 Å². The summed E-state index contributed by atoms with van der Waals surface area (Å²) in [4.78, 5) is 0. The Balaban J connectivity index is 2.86. The lowest BCUT2D eigenvalue weighted by Gasteiger charge is -2.21. The molecule has 0 aliphatic carbocycles. The van der Waals surface area contributed by atoms with E-state index in [9.17, 15) is 0 Å². The van der Waals surface area contributed by atoms with E-state index >= 15 is 0 Å². The van der Waals surface area contributed by atoms with Crippen molar-refractivity contribution < 1.29 is 4.74 Å². The van der Waals surface area contributed by atoms with Gasteiger partial charge in [-0.15, -0.1) is 0 Å². The quantitative estimate of drug-likeness (QED) is 0.805. The summed E-state index contributed by atoms with van der Waals surface area (Å²) in [7, 11) is 0. The van der Waals surface area contributed by atoms with Crippen LogP contribution in [0.4, 0.5) is 0 Å². The molecule has 4 heteroatoms. The normalized spacial score (nSPS) is 12.0. The third-order valence-electron chi connectivity index (χ3n) is 2.23. The average Bonchev–Trinajstić information content (AvgIpc) is 2.19. The lowest BCUT2D eigenvalue weighted by Crippen LogP contribution is -2.35. The summed E-state index contributed by atoms with van der Waals surface area (Å²) in [6, 6.07) is 4.20. The molecule has 0 heterocycles. The molecule has 0 saturated heterocycles. The Bertz CT molecular complexity index is 388. The molecule has 1 aromatic rings. The fraction of sp³-hybridized carbons (Fsp3) is 0.571. The first kappa shape index (κ1) is 16.0. The summed E-state index contributed by atoms with van der Waals surface area (Å²) in [6.45, 7) is 11.4. The maximum atomic E-state index is 5.76. The minimum atomic E-state index is 0.117. The summed E-state index contributed by atoms with van der Waals surface area (Å²) in [5.41, 5.74) is 1.34. The lowest BCUT2D eigenvalue weighted by molar-refractivity contribution is 0.239. The average molecular weight is 379 g/mol. The predicted octanol–water partition coefficient (Wildman–Crippen LogP) is 4.89. The second-order valence-corrected chi connectivity index (χ2v) is 7.37. The van der Waals surface area contributed by atoms with Crippen molar-refractivity contribution in [1.82, 2.24) is 5.32 Å². The monoisotopic (exact) mass is 377 g/mol. The Kier molecular flexibility index (Phi) is 5.68. The number of hydrogen-bond acceptors (Lipinski definition) is 2. The van der Waals surface area contributed by atoms with E-state index in [4.69, 9.17) is 4.74 Å². The van der Waals surface area contributed by atoms with Gasteiger partial charge in [0.15, 0.2) is 0 Å². The molecule has 0 spiro atoms. The number of nitrogens with one attached hydrogen (secondary N) is 1. The van der Waals surface area contributed by atoms with Crippen molar-refractivity contribution in [3.63, 3.8) is 0 Å². The Morgan fingerprint density at radius 1 is 1.17 bits per heavy atom. The Labute approximate surface area is 127 Å². The first-order valence-corrected chi connectivity index (χ1v) is 7.67. The van der Waals surface area contributed by atoms with Gasteiger partial charge in [-0.25, -0.2) is 0 Å². The molecule has 0 saturated carbocycles. The molecule has 18 heavy (non-hydrogen) atoms. The number of rotatable bonds is 4. The molecule has 0 bridgehead atoms. The van der Waals surface area contributed by atoms with Crippen molar-refractivity contribution >= 4 is 31.9 Å². The van der Waals surface area contributed by atoms with E-state index < -0.39 is 0 Å². The van der Waals surface area contributed by atoms with E-state index in [0.717, 1.165) is 21.2 Å². The first-order valence-electron chi connectivity index (χ1n) is 6.08. The second-order valence-electron chi connectivity index (χ2n) is 5.66. The van der Waals surface area contributed by atoms with E-state index in [0.29, 0.717) is 0 Å². The molecule has 0 unspecified atom stereocenters. The number of benzene rings is 1. The number of ether oxygens (including phenoxy) is 1. The van der Waals surface area contributed by atoms with E-state index in [2.05, 4.69) is 70.1 Å². The van der Waals surface area contributed by atoms with Crippen molar-refractivity contribution in [1.29, 1.82) is 0 Å². The van der Waals surface area contributed by atoms with Gasteiger partial charge in [0.1, 0.15) is 5.75 Å². The van der Waals surface area contributed by atoms with Crippen molar-refractivity contribution in [3.8, 4) is 5.75 Å². The van der Waals surface area contributed by atoms with Crippen LogP contribution in [0.1, 0.15) is 40.2 Å². The molecule has 0 fully saturated rings. The van der Waals surface area contributed by atoms with Gasteiger partial charge < -0.3 is 10.1 Å². The second kappa shape index (κ2) is 6.40. The summed E-state index contributed by atoms with van der Waals surface area (Å²) < 4.78 is 7.73. The topological polar surface area (TPSA) is 21.3 Å². The van der Waals surface area contributed by atoms with Gasteiger partial charge in [0, 0.05) is 12.1 Å². The van der Waals surface area contributed by atoms with Crippen LogP contribution in [0, 0.1) is 0 Å². The number of halogens is 2. The number of hydrogen-bond donors (Lipinski definition) is 1. The molecule has 0 radical (unpaired) electrons. The highest BCUT2D eigenvalue weighted by atomic mass is 79.9. The van der Waals surface area contributed by atoms with Gasteiger partial charge in [-0.3, -0.25) is 0 Å². The van der Waals surface area contributed by atoms with E-state index in [1.54, 1.807) is 0 Å². The summed E-state index contributed by atoms with van der Waals surface area (Å²) in [6.07, 6.45) is 0.163. The molecule has 1 rings (SSSR count). The molecule has 102 valence electrons. The van der Waals surface area contributed by atoms with Gasteiger partial charge in [0.2, 0.25) is 0 Å². The fourth-order valence-electron chi connectivity index (χ4n) is 1.43. The van der Waals surface area contributed by atoms with Gasteiger partial charge in [-0.2, -0.15) is 0 Å². The summed E-state index contributed by atoms with van der Waals surface area (Å²) in [5.74, 6) is 0.865. The summed E-state index contributed by atoms with van der Waals surface area (Å²) in [5, 5.41) is 3.47. The van der Waals surface area contributed by atoms with Gasteiger partial charge in [-0.05, 0) is 84.2 Å². The molecular weight excluding hydrogens is 358 g/mol. The van der Waals surface area contributed by atoms with Gasteiger partial charge >= 0.3 is 0 Å². The lowest BCUT2D eigenvalue weighted by atomic mass is 10.1. The minimum Gasteiger partial charge on any atom is -0.489 e. The van der Waals surface area contributed by atoms with Crippen molar-refractivity contribution in [3.05, 3.63) is 26.6 Å². The van der Waals surface area contributed by atoms with Crippen LogP contribution in [-0.2, 0) is 6.54 Å². The van der Waals surface area contributed by atoms with Crippen LogP contribution in [0.25, 0.3) is 0 Å². The van der Waals surface area contributed by atoms with E-state index in [1.165, 1.54) is 5.56 Å². The minimum absolute atomic E-state index is 0.117. The maximum absolute atomic E-state index is 5.76. The predicted molar refractivity (Wildman–Crippen MR) is 84.2 cm³/mol. The van der Waals surface area contributed by atoms with Crippen molar-refractivity contribution in [2.75, 3.05) is 0 Å². The third-order valence-corrected chi connectivity index (χ3v) is 3.41. The molecule has 0 amide bonds. The zero-order chi connectivity index (χ0) is 13.9. The van der Waals surface area contributed by atoms with Gasteiger partial charge in [0.25, 0.3) is 0 Å². The van der Waals surface area contributed by atoms with Crippen LogP contribution >= 0.6 is 31.9 Å². The highest BCUT2D eigenvalue weighted by molar-refractivity contribution is 9.11. The summed E-state index contributed by atoms with van der Waals surface area (Å²) >= 11 is 7.13. The molecule has 0 aliphatic rings. The fourth-order valence-corrected chi connectivity index (χ4v) is 2.90. The molecule has 0 aliphatic heterocycles. The van der Waals surface area contributed by atoms with Crippen LogP contribution in [-0.4, -0.2) is 11.6 Å². The molecule has 2 nitrogen and oxygen atoms in total. The smallest absolute Gasteiger partial charge is 0.148 e. The zero-order valence-corrected chi connectivity index (χ0v) is 14.8. The molecule has 0 atom stereocenters. The molecule has 1 N–H and O–H groups in total. The van der Waals surface area contributed by atoms with E-state index in [-0.39, 0.29) is 11.6 Å². The van der Waals surface area contributed by atoms with Gasteiger partial charge in [0.05, 0.1) is 15.0 Å². The van der Waals surface area contributed by atoms with Crippen LogP contribution in [0.5, 0.6) is 5.75 Å². The zero-order valence-electron chi connectivity index (χ0n) is 11.6. The van der Waals surface area contributed by atoms with Crippen molar-refractivity contribution in [2.24, 2.45) is 0 Å². The third kappa shape index (κ3) is 5.29. The Hall–Kier alpha value is -0.0600. The van der Waals surface area contributed by atoms with Crippen LogP contribution in [0.2, 0.25) is 0 Å². The molecule has 0 aromatic heterocycles. The standard InChI is InChI=1S/C14H21Br2NO/c1-9(2)18-13-11(15)6-10(7-12(13)16)8-17-14(3,4)5/h6-7,9,17H,8H2,1-5H3. The largest absolute Gasteiger partial charge is 0.489 e. The van der Waals surface area contributed by atoms with Crippen LogP contribution < -0.4 is 10.1 Å². The maximum Gasteiger partial charge on any atom is 0.148 e. The van der Waals surface area contributed by atoms with Gasteiger partial charge in [-0.1, -0.05) is 0 Å². The Morgan fingerprint density at radius 2 is 1.67 bits per heavy atom. The van der Waals surface area contributed by atoms with Crippen molar-refractivity contribution in [2.45, 2.75) is 52.8 Å². The molecule has 1 aromatic carbocycles. The highest BCUT2D eigenvalue weighted by Crippen LogP contribution is 2.35. The van der Waals surface area contributed by atoms with Crippen LogP contribution in [0.15, 0.2) is 21.1 Å². The SMILES string of the molecule is CC(C)Oc1c(Br)cc(CNC(C)(C)C)cc1Br. The Morgan fingerprint density at radius 3 is 2.06 bits per heavy atom. The van der Waals surface area contributed by atoms with Crippen LogP contribution in [0.3, 0.4) is 0 Å².